The van der Waals surface area contributed by atoms with E-state index in [1.54, 1.807) is 11.8 Å². The van der Waals surface area contributed by atoms with Gasteiger partial charge >= 0.3 is 29.8 Å². The van der Waals surface area contributed by atoms with Crippen LogP contribution >= 0.6 is 0 Å². The van der Waals surface area contributed by atoms with Gasteiger partial charge in [0.2, 0.25) is 0 Å². The summed E-state index contributed by atoms with van der Waals surface area (Å²) in [5.41, 5.74) is 0. The van der Waals surface area contributed by atoms with E-state index in [4.69, 9.17) is 10.2 Å². The van der Waals surface area contributed by atoms with Crippen molar-refractivity contribution >= 4 is 29.8 Å². The quantitative estimate of drug-likeness (QED) is 0.200. The van der Waals surface area contributed by atoms with Gasteiger partial charge < -0.3 is 25.5 Å². The Balaban J connectivity index is 3.17. The number of carbonyl (C=O) groups is 5. The first-order chi connectivity index (χ1) is 14.9. The van der Waals surface area contributed by atoms with Gasteiger partial charge in [0.25, 0.3) is 0 Å². The fourth-order valence-corrected chi connectivity index (χ4v) is 4.24. The van der Waals surface area contributed by atoms with Crippen LogP contribution in [0.4, 0.5) is 0 Å². The molecule has 0 radical (unpaired) electrons. The lowest BCUT2D eigenvalue weighted by atomic mass is 9.87. The van der Waals surface area contributed by atoms with E-state index >= 15 is 0 Å². The summed E-state index contributed by atoms with van der Waals surface area (Å²) in [6, 6.07) is -1.66. The summed E-state index contributed by atoms with van der Waals surface area (Å²) < 4.78 is 0. The van der Waals surface area contributed by atoms with E-state index in [0.29, 0.717) is 12.8 Å². The molecule has 0 spiro atoms. The predicted molar refractivity (Wildman–Crippen MR) is 108 cm³/mol. The molecule has 1 fully saturated rings. The van der Waals surface area contributed by atoms with Crippen molar-refractivity contribution in [2.75, 3.05) is 39.3 Å². The van der Waals surface area contributed by atoms with Crippen LogP contribution in [0.2, 0.25) is 0 Å². The number of hydrogen-bond acceptors (Lipinski definition) is 8. The van der Waals surface area contributed by atoms with E-state index in [9.17, 15) is 39.3 Å². The van der Waals surface area contributed by atoms with Crippen LogP contribution in [0.5, 0.6) is 0 Å². The maximum absolute atomic E-state index is 11.5. The van der Waals surface area contributed by atoms with Gasteiger partial charge in [-0.05, 0) is 19.8 Å². The number of carboxylic acid groups (broad SMARTS) is 5. The molecule has 0 amide bonds. The molecule has 0 aromatic carbocycles. The Labute approximate surface area is 184 Å². The average molecular weight is 461 g/mol. The molecule has 0 bridgehead atoms. The SMILES string of the molecule is CC(CN(CC(=O)O)C1CCCCC1N(CC(=O)O)CC(=O)O)N(CC(=O)O)CC(=O)O. The van der Waals surface area contributed by atoms with Crippen molar-refractivity contribution in [3.8, 4) is 0 Å². The van der Waals surface area contributed by atoms with E-state index in [1.165, 1.54) is 9.80 Å². The zero-order chi connectivity index (χ0) is 24.4. The number of hydrogen-bond donors (Lipinski definition) is 5. The molecular formula is C19H31N3O10. The average Bonchev–Trinajstić information content (AvgIpc) is 2.64. The fourth-order valence-electron chi connectivity index (χ4n) is 4.24. The van der Waals surface area contributed by atoms with Gasteiger partial charge in [0, 0.05) is 24.7 Å². The van der Waals surface area contributed by atoms with E-state index in [0.717, 1.165) is 12.8 Å². The topological polar surface area (TPSA) is 196 Å². The molecule has 1 aliphatic carbocycles. The van der Waals surface area contributed by atoms with Gasteiger partial charge in [-0.3, -0.25) is 38.7 Å². The first-order valence-electron chi connectivity index (χ1n) is 10.2. The Kier molecular flexibility index (Phi) is 11.0. The summed E-state index contributed by atoms with van der Waals surface area (Å²) in [4.78, 5) is 60.5. The maximum atomic E-state index is 11.5. The van der Waals surface area contributed by atoms with Gasteiger partial charge in [-0.1, -0.05) is 12.8 Å². The van der Waals surface area contributed by atoms with Crippen LogP contribution in [0.15, 0.2) is 0 Å². The molecule has 1 rings (SSSR count). The molecule has 0 aromatic rings. The van der Waals surface area contributed by atoms with Crippen LogP contribution in [-0.4, -0.2) is 127 Å². The maximum Gasteiger partial charge on any atom is 0.317 e. The molecule has 0 heterocycles. The lowest BCUT2D eigenvalue weighted by Crippen LogP contribution is -2.58. The minimum absolute atomic E-state index is 0.0159. The molecular weight excluding hydrogens is 430 g/mol. The molecule has 0 saturated heterocycles. The molecule has 13 heteroatoms. The zero-order valence-electron chi connectivity index (χ0n) is 17.9. The zero-order valence-corrected chi connectivity index (χ0v) is 17.9. The number of aliphatic carboxylic acids is 5. The number of rotatable bonds is 15. The van der Waals surface area contributed by atoms with Crippen molar-refractivity contribution in [2.45, 2.75) is 50.7 Å². The van der Waals surface area contributed by atoms with Gasteiger partial charge in [0.05, 0.1) is 32.7 Å². The lowest BCUT2D eigenvalue weighted by molar-refractivity contribution is -0.146. The highest BCUT2D eigenvalue weighted by Crippen LogP contribution is 2.28. The van der Waals surface area contributed by atoms with Crippen molar-refractivity contribution < 1.29 is 49.5 Å². The van der Waals surface area contributed by atoms with Crippen molar-refractivity contribution in [1.29, 1.82) is 0 Å². The molecule has 5 N–H and O–H groups in total. The lowest BCUT2D eigenvalue weighted by Gasteiger charge is -2.45. The van der Waals surface area contributed by atoms with Crippen LogP contribution in [-0.2, 0) is 24.0 Å². The van der Waals surface area contributed by atoms with E-state index in [-0.39, 0.29) is 6.54 Å². The summed E-state index contributed by atoms with van der Waals surface area (Å²) in [7, 11) is 0. The molecule has 3 unspecified atom stereocenters. The summed E-state index contributed by atoms with van der Waals surface area (Å²) in [6.07, 6.45) is 2.42. The van der Waals surface area contributed by atoms with Gasteiger partial charge in [0.1, 0.15) is 0 Å². The normalized spacial score (nSPS) is 19.8. The minimum Gasteiger partial charge on any atom is -0.480 e. The van der Waals surface area contributed by atoms with Gasteiger partial charge in [-0.2, -0.15) is 0 Å². The van der Waals surface area contributed by atoms with Gasteiger partial charge in [0.15, 0.2) is 0 Å². The second-order valence-corrected chi connectivity index (χ2v) is 7.98. The van der Waals surface area contributed by atoms with Crippen molar-refractivity contribution in [2.24, 2.45) is 0 Å². The smallest absolute Gasteiger partial charge is 0.317 e. The highest BCUT2D eigenvalue weighted by molar-refractivity contribution is 5.73. The molecule has 0 aliphatic heterocycles. The van der Waals surface area contributed by atoms with Crippen LogP contribution < -0.4 is 0 Å². The summed E-state index contributed by atoms with van der Waals surface area (Å²) in [6.45, 7) is -0.971. The second kappa shape index (κ2) is 12.9. The molecule has 13 nitrogen and oxygen atoms in total. The summed E-state index contributed by atoms with van der Waals surface area (Å²) >= 11 is 0. The number of nitrogens with zero attached hydrogens (tertiary/aromatic N) is 3. The molecule has 0 aromatic heterocycles. The third-order valence-corrected chi connectivity index (χ3v) is 5.45. The first kappa shape index (κ1) is 27.3. The van der Waals surface area contributed by atoms with Crippen molar-refractivity contribution in [3.63, 3.8) is 0 Å². The predicted octanol–water partition coefficient (Wildman–Crippen LogP) is -0.985. The Bertz CT molecular complexity index is 669. The second-order valence-electron chi connectivity index (χ2n) is 7.98. The molecule has 1 saturated carbocycles. The van der Waals surface area contributed by atoms with Crippen LogP contribution in [0, 0.1) is 0 Å². The van der Waals surface area contributed by atoms with Crippen molar-refractivity contribution in [3.05, 3.63) is 0 Å². The number of carboxylic acids is 5. The standard InChI is InChI=1S/C19H31N3O10/c1-12(20(7-15(23)24)8-16(25)26)6-21(9-17(27)28)13-4-2-3-5-14(13)22(10-18(29)30)11-19(31)32/h12-14H,2-11H2,1H3,(H,23,24)(H,25,26)(H,27,28)(H,29,30)(H,31,32). The first-order valence-corrected chi connectivity index (χ1v) is 10.2. The Morgan fingerprint density at radius 1 is 0.656 bits per heavy atom. The molecule has 182 valence electrons. The van der Waals surface area contributed by atoms with Crippen molar-refractivity contribution in [1.82, 2.24) is 14.7 Å². The van der Waals surface area contributed by atoms with Gasteiger partial charge in [-0.15, -0.1) is 0 Å². The van der Waals surface area contributed by atoms with E-state index in [1.807, 2.05) is 0 Å². The van der Waals surface area contributed by atoms with E-state index in [2.05, 4.69) is 0 Å². The molecule has 1 aliphatic rings. The largest absolute Gasteiger partial charge is 0.480 e. The monoisotopic (exact) mass is 461 g/mol. The fraction of sp³-hybridized carbons (Fsp3) is 0.737. The van der Waals surface area contributed by atoms with Crippen LogP contribution in [0.3, 0.4) is 0 Å². The van der Waals surface area contributed by atoms with Crippen LogP contribution in [0.25, 0.3) is 0 Å². The van der Waals surface area contributed by atoms with Gasteiger partial charge in [-0.25, -0.2) is 0 Å². The Morgan fingerprint density at radius 3 is 1.38 bits per heavy atom. The highest BCUT2D eigenvalue weighted by atomic mass is 16.4. The highest BCUT2D eigenvalue weighted by Gasteiger charge is 2.37. The Morgan fingerprint density at radius 2 is 1.00 bits per heavy atom. The van der Waals surface area contributed by atoms with Crippen LogP contribution in [0.1, 0.15) is 32.6 Å². The minimum atomic E-state index is -1.23. The third kappa shape index (κ3) is 9.58. The van der Waals surface area contributed by atoms with E-state index < -0.39 is 80.7 Å². The Hall–Kier alpha value is -2.77. The molecule has 32 heavy (non-hydrogen) atoms. The third-order valence-electron chi connectivity index (χ3n) is 5.45. The molecule has 3 atom stereocenters. The summed E-state index contributed by atoms with van der Waals surface area (Å²) in [5, 5.41) is 46.1. The summed E-state index contributed by atoms with van der Waals surface area (Å²) in [5.74, 6) is -6.03.